The van der Waals surface area contributed by atoms with Crippen molar-refractivity contribution in [2.45, 2.75) is 34.6 Å². The first-order chi connectivity index (χ1) is 9.43. The van der Waals surface area contributed by atoms with Crippen molar-refractivity contribution in [1.29, 1.82) is 0 Å². The fourth-order valence-corrected chi connectivity index (χ4v) is 2.11. The number of aromatic nitrogens is 1. The van der Waals surface area contributed by atoms with Crippen molar-refractivity contribution in [3.63, 3.8) is 0 Å². The standard InChI is InChI=1S/C16H27N3O/c1-6-17-15-8-7-14(9-18-15)16(20)19(10-12(2)3)11-13(4)5/h7-9,12-13H,6,10-11H2,1-5H3,(H,17,18). The van der Waals surface area contributed by atoms with Crippen LogP contribution in [0.2, 0.25) is 0 Å². The summed E-state index contributed by atoms with van der Waals surface area (Å²) in [5.41, 5.74) is 0.660. The first-order valence-electron chi connectivity index (χ1n) is 7.43. The number of nitrogens with one attached hydrogen (secondary N) is 1. The van der Waals surface area contributed by atoms with Gasteiger partial charge in [0.05, 0.1) is 5.56 Å². The van der Waals surface area contributed by atoms with E-state index in [0.29, 0.717) is 17.4 Å². The van der Waals surface area contributed by atoms with Crippen molar-refractivity contribution in [2.24, 2.45) is 11.8 Å². The third kappa shape index (κ3) is 5.19. The molecule has 4 nitrogen and oxygen atoms in total. The Balaban J connectivity index is 2.82. The number of hydrogen-bond acceptors (Lipinski definition) is 3. The summed E-state index contributed by atoms with van der Waals surface area (Å²) in [5, 5.41) is 3.13. The predicted octanol–water partition coefficient (Wildman–Crippen LogP) is 3.27. The number of pyridine rings is 1. The first kappa shape index (κ1) is 16.5. The van der Waals surface area contributed by atoms with Crippen LogP contribution in [-0.4, -0.2) is 35.4 Å². The number of amides is 1. The van der Waals surface area contributed by atoms with Crippen LogP contribution >= 0.6 is 0 Å². The van der Waals surface area contributed by atoms with Crippen LogP contribution in [0.15, 0.2) is 18.3 Å². The van der Waals surface area contributed by atoms with E-state index in [1.165, 1.54) is 0 Å². The highest BCUT2D eigenvalue weighted by molar-refractivity contribution is 5.94. The number of carbonyl (C=O) groups is 1. The number of rotatable bonds is 7. The summed E-state index contributed by atoms with van der Waals surface area (Å²) in [6.07, 6.45) is 1.66. The molecule has 0 unspecified atom stereocenters. The van der Waals surface area contributed by atoms with E-state index in [1.54, 1.807) is 6.20 Å². The van der Waals surface area contributed by atoms with Gasteiger partial charge in [-0.2, -0.15) is 0 Å². The Hall–Kier alpha value is -1.58. The van der Waals surface area contributed by atoms with E-state index in [2.05, 4.69) is 38.0 Å². The normalized spacial score (nSPS) is 10.9. The Morgan fingerprint density at radius 1 is 1.20 bits per heavy atom. The fourth-order valence-electron chi connectivity index (χ4n) is 2.11. The number of hydrogen-bond donors (Lipinski definition) is 1. The molecule has 0 atom stereocenters. The Labute approximate surface area is 122 Å². The second-order valence-corrected chi connectivity index (χ2v) is 5.96. The minimum absolute atomic E-state index is 0.0722. The van der Waals surface area contributed by atoms with Gasteiger partial charge in [-0.1, -0.05) is 27.7 Å². The summed E-state index contributed by atoms with van der Waals surface area (Å²) in [5.74, 6) is 1.81. The van der Waals surface area contributed by atoms with Gasteiger partial charge in [0, 0.05) is 25.8 Å². The van der Waals surface area contributed by atoms with Crippen molar-refractivity contribution >= 4 is 11.7 Å². The van der Waals surface area contributed by atoms with Crippen LogP contribution in [0.3, 0.4) is 0 Å². The molecule has 0 aliphatic carbocycles. The highest BCUT2D eigenvalue weighted by Gasteiger charge is 2.18. The van der Waals surface area contributed by atoms with Crippen molar-refractivity contribution in [1.82, 2.24) is 9.88 Å². The Morgan fingerprint density at radius 2 is 1.80 bits per heavy atom. The average Bonchev–Trinajstić information content (AvgIpc) is 2.37. The fraction of sp³-hybridized carbons (Fsp3) is 0.625. The third-order valence-electron chi connectivity index (χ3n) is 2.83. The van der Waals surface area contributed by atoms with Crippen molar-refractivity contribution in [3.8, 4) is 0 Å². The average molecular weight is 277 g/mol. The monoisotopic (exact) mass is 277 g/mol. The SMILES string of the molecule is CCNc1ccc(C(=O)N(CC(C)C)CC(C)C)cn1. The maximum Gasteiger partial charge on any atom is 0.255 e. The maximum atomic E-state index is 12.6. The van der Waals surface area contributed by atoms with Gasteiger partial charge in [-0.05, 0) is 30.9 Å². The molecular formula is C16H27N3O. The van der Waals surface area contributed by atoms with Gasteiger partial charge in [-0.15, -0.1) is 0 Å². The van der Waals surface area contributed by atoms with E-state index in [9.17, 15) is 4.79 Å². The molecular weight excluding hydrogens is 250 g/mol. The molecule has 0 aromatic carbocycles. The van der Waals surface area contributed by atoms with Gasteiger partial charge < -0.3 is 10.2 Å². The molecule has 1 aromatic rings. The summed E-state index contributed by atoms with van der Waals surface area (Å²) in [4.78, 5) is 18.8. The Bertz CT molecular complexity index is 402. The number of nitrogens with zero attached hydrogens (tertiary/aromatic N) is 2. The molecule has 0 bridgehead atoms. The highest BCUT2D eigenvalue weighted by Crippen LogP contribution is 2.11. The van der Waals surface area contributed by atoms with Crippen molar-refractivity contribution in [2.75, 3.05) is 25.0 Å². The van der Waals surface area contributed by atoms with Crippen molar-refractivity contribution < 1.29 is 4.79 Å². The molecule has 20 heavy (non-hydrogen) atoms. The van der Waals surface area contributed by atoms with Gasteiger partial charge in [0.15, 0.2) is 0 Å². The smallest absolute Gasteiger partial charge is 0.255 e. The lowest BCUT2D eigenvalue weighted by atomic mass is 10.1. The molecule has 0 aliphatic rings. The molecule has 0 radical (unpaired) electrons. The van der Waals surface area contributed by atoms with Crippen LogP contribution in [0.25, 0.3) is 0 Å². The minimum atomic E-state index is 0.0722. The molecule has 1 amide bonds. The van der Waals surface area contributed by atoms with Gasteiger partial charge in [0.25, 0.3) is 5.91 Å². The summed E-state index contributed by atoms with van der Waals surface area (Å²) >= 11 is 0. The summed E-state index contributed by atoms with van der Waals surface area (Å²) in [6, 6.07) is 3.71. The van der Waals surface area contributed by atoms with Gasteiger partial charge in [-0.25, -0.2) is 4.98 Å². The molecule has 0 fully saturated rings. The minimum Gasteiger partial charge on any atom is -0.370 e. The van der Waals surface area contributed by atoms with Crippen LogP contribution in [0.4, 0.5) is 5.82 Å². The molecule has 0 spiro atoms. The Morgan fingerprint density at radius 3 is 2.20 bits per heavy atom. The molecule has 1 aromatic heterocycles. The molecule has 0 saturated heterocycles. The molecule has 112 valence electrons. The zero-order valence-corrected chi connectivity index (χ0v) is 13.3. The topological polar surface area (TPSA) is 45.2 Å². The van der Waals surface area contributed by atoms with E-state index in [-0.39, 0.29) is 5.91 Å². The molecule has 1 N–H and O–H groups in total. The second kappa shape index (κ2) is 7.88. The van der Waals surface area contributed by atoms with E-state index < -0.39 is 0 Å². The summed E-state index contributed by atoms with van der Waals surface area (Å²) in [6.45, 7) is 12.9. The van der Waals surface area contributed by atoms with Gasteiger partial charge >= 0.3 is 0 Å². The van der Waals surface area contributed by atoms with E-state index in [4.69, 9.17) is 0 Å². The van der Waals surface area contributed by atoms with E-state index in [0.717, 1.165) is 25.5 Å². The lowest BCUT2D eigenvalue weighted by Gasteiger charge is -2.26. The second-order valence-electron chi connectivity index (χ2n) is 5.96. The van der Waals surface area contributed by atoms with Gasteiger partial charge in [0.2, 0.25) is 0 Å². The molecule has 0 saturated carbocycles. The summed E-state index contributed by atoms with van der Waals surface area (Å²) < 4.78 is 0. The Kier molecular flexibility index (Phi) is 6.49. The lowest BCUT2D eigenvalue weighted by molar-refractivity contribution is 0.0714. The molecule has 0 aliphatic heterocycles. The predicted molar refractivity (Wildman–Crippen MR) is 84.0 cm³/mol. The molecule has 4 heteroatoms. The quantitative estimate of drug-likeness (QED) is 0.832. The largest absolute Gasteiger partial charge is 0.370 e. The van der Waals surface area contributed by atoms with Gasteiger partial charge in [0.1, 0.15) is 5.82 Å². The molecule has 1 rings (SSSR count). The maximum absolute atomic E-state index is 12.6. The number of anilines is 1. The third-order valence-corrected chi connectivity index (χ3v) is 2.83. The highest BCUT2D eigenvalue weighted by atomic mass is 16.2. The molecule has 1 heterocycles. The van der Waals surface area contributed by atoms with Gasteiger partial charge in [-0.3, -0.25) is 4.79 Å². The van der Waals surface area contributed by atoms with E-state index in [1.807, 2.05) is 24.0 Å². The first-order valence-corrected chi connectivity index (χ1v) is 7.43. The van der Waals surface area contributed by atoms with Crippen LogP contribution in [-0.2, 0) is 0 Å². The van der Waals surface area contributed by atoms with Crippen LogP contribution in [0, 0.1) is 11.8 Å². The van der Waals surface area contributed by atoms with E-state index >= 15 is 0 Å². The van der Waals surface area contributed by atoms with Crippen molar-refractivity contribution in [3.05, 3.63) is 23.9 Å². The summed E-state index contributed by atoms with van der Waals surface area (Å²) in [7, 11) is 0. The number of carbonyl (C=O) groups excluding carboxylic acids is 1. The van der Waals surface area contributed by atoms with Crippen LogP contribution in [0.5, 0.6) is 0 Å². The zero-order chi connectivity index (χ0) is 15.1. The lowest BCUT2D eigenvalue weighted by Crippen LogP contribution is -2.37. The zero-order valence-electron chi connectivity index (χ0n) is 13.3. The van der Waals surface area contributed by atoms with Crippen LogP contribution in [0.1, 0.15) is 45.0 Å². The van der Waals surface area contributed by atoms with Crippen LogP contribution < -0.4 is 5.32 Å².